The Labute approximate surface area is 116 Å². The van der Waals surface area contributed by atoms with Crippen LogP contribution < -0.4 is 10.5 Å². The molecule has 0 radical (unpaired) electrons. The van der Waals surface area contributed by atoms with Gasteiger partial charge in [-0.25, -0.2) is 4.39 Å². The van der Waals surface area contributed by atoms with Gasteiger partial charge in [0.15, 0.2) is 11.6 Å². The number of benzene rings is 1. The van der Waals surface area contributed by atoms with Crippen molar-refractivity contribution in [3.63, 3.8) is 0 Å². The first-order valence-electron chi connectivity index (χ1n) is 6.52. The number of aromatic nitrogens is 2. The Kier molecular flexibility index (Phi) is 4.68. The fourth-order valence-corrected chi connectivity index (χ4v) is 1.85. The highest BCUT2D eigenvalue weighted by atomic mass is 19.1. The molecular formula is C14H18FN3O2. The van der Waals surface area contributed by atoms with E-state index in [1.807, 2.05) is 6.92 Å². The Bertz CT molecular complexity index is 569. The van der Waals surface area contributed by atoms with E-state index in [1.165, 1.54) is 13.2 Å². The SMILES string of the molecule is COc1cc(-c2noc(CCCC(C)N)n2)ccc1F. The second kappa shape index (κ2) is 6.47. The van der Waals surface area contributed by atoms with E-state index in [0.29, 0.717) is 23.7 Å². The maximum absolute atomic E-state index is 13.3. The summed E-state index contributed by atoms with van der Waals surface area (Å²) in [5, 5.41) is 3.89. The van der Waals surface area contributed by atoms with E-state index >= 15 is 0 Å². The van der Waals surface area contributed by atoms with Gasteiger partial charge in [0, 0.05) is 18.0 Å². The molecule has 6 heteroatoms. The molecule has 0 aliphatic carbocycles. The number of halogens is 1. The summed E-state index contributed by atoms with van der Waals surface area (Å²) in [4.78, 5) is 4.29. The first-order chi connectivity index (χ1) is 9.60. The molecule has 0 aliphatic heterocycles. The smallest absolute Gasteiger partial charge is 0.226 e. The maximum atomic E-state index is 13.3. The van der Waals surface area contributed by atoms with Crippen LogP contribution >= 0.6 is 0 Å². The molecule has 0 bridgehead atoms. The number of rotatable bonds is 6. The lowest BCUT2D eigenvalue weighted by molar-refractivity contribution is 0.373. The average molecular weight is 279 g/mol. The van der Waals surface area contributed by atoms with Crippen molar-refractivity contribution < 1.29 is 13.7 Å². The number of nitrogens with two attached hydrogens (primary N) is 1. The molecule has 0 aliphatic rings. The molecule has 2 N–H and O–H groups in total. The average Bonchev–Trinajstić information content (AvgIpc) is 2.87. The predicted octanol–water partition coefficient (Wildman–Crippen LogP) is 2.55. The van der Waals surface area contributed by atoms with Crippen molar-refractivity contribution >= 4 is 0 Å². The molecule has 0 amide bonds. The van der Waals surface area contributed by atoms with Crippen LogP contribution in [0.1, 0.15) is 25.7 Å². The molecule has 108 valence electrons. The lowest BCUT2D eigenvalue weighted by Crippen LogP contribution is -2.14. The van der Waals surface area contributed by atoms with Crippen molar-refractivity contribution in [3.05, 3.63) is 29.9 Å². The van der Waals surface area contributed by atoms with Crippen LogP contribution in [-0.2, 0) is 6.42 Å². The van der Waals surface area contributed by atoms with Crippen LogP contribution in [0.2, 0.25) is 0 Å². The van der Waals surface area contributed by atoms with Gasteiger partial charge in [0.2, 0.25) is 11.7 Å². The van der Waals surface area contributed by atoms with E-state index in [2.05, 4.69) is 10.1 Å². The van der Waals surface area contributed by atoms with Gasteiger partial charge >= 0.3 is 0 Å². The Morgan fingerprint density at radius 1 is 1.45 bits per heavy atom. The first-order valence-corrected chi connectivity index (χ1v) is 6.52. The van der Waals surface area contributed by atoms with Crippen LogP contribution in [0.3, 0.4) is 0 Å². The van der Waals surface area contributed by atoms with Gasteiger partial charge in [-0.1, -0.05) is 5.16 Å². The summed E-state index contributed by atoms with van der Waals surface area (Å²) in [6.45, 7) is 1.96. The van der Waals surface area contributed by atoms with Gasteiger partial charge < -0.3 is 15.0 Å². The summed E-state index contributed by atoms with van der Waals surface area (Å²) in [6.07, 6.45) is 2.49. The topological polar surface area (TPSA) is 74.2 Å². The van der Waals surface area contributed by atoms with E-state index in [1.54, 1.807) is 12.1 Å². The van der Waals surface area contributed by atoms with E-state index < -0.39 is 5.82 Å². The van der Waals surface area contributed by atoms with Gasteiger partial charge in [0.25, 0.3) is 0 Å². The van der Waals surface area contributed by atoms with Gasteiger partial charge in [-0.15, -0.1) is 0 Å². The minimum absolute atomic E-state index is 0.158. The van der Waals surface area contributed by atoms with Crippen molar-refractivity contribution in [1.29, 1.82) is 0 Å². The summed E-state index contributed by atoms with van der Waals surface area (Å²) in [5.41, 5.74) is 6.34. The summed E-state index contributed by atoms with van der Waals surface area (Å²) in [6, 6.07) is 4.62. The van der Waals surface area contributed by atoms with Crippen LogP contribution in [0, 0.1) is 5.82 Å². The van der Waals surface area contributed by atoms with Crippen molar-refractivity contribution in [2.24, 2.45) is 5.73 Å². The zero-order valence-corrected chi connectivity index (χ0v) is 11.6. The maximum Gasteiger partial charge on any atom is 0.226 e. The number of aryl methyl sites for hydroxylation is 1. The summed E-state index contributed by atoms with van der Waals surface area (Å²) in [5.74, 6) is 0.728. The van der Waals surface area contributed by atoms with Gasteiger partial charge in [0.1, 0.15) is 0 Å². The molecule has 0 spiro atoms. The lowest BCUT2D eigenvalue weighted by atomic mass is 10.1. The quantitative estimate of drug-likeness (QED) is 0.879. The van der Waals surface area contributed by atoms with E-state index in [4.69, 9.17) is 15.0 Å². The molecular weight excluding hydrogens is 261 g/mol. The molecule has 1 heterocycles. The number of hydrogen-bond donors (Lipinski definition) is 1. The Morgan fingerprint density at radius 2 is 2.25 bits per heavy atom. The zero-order valence-electron chi connectivity index (χ0n) is 11.6. The molecule has 0 saturated carbocycles. The highest BCUT2D eigenvalue weighted by molar-refractivity contribution is 5.57. The fraction of sp³-hybridized carbons (Fsp3) is 0.429. The second-order valence-corrected chi connectivity index (χ2v) is 4.73. The summed E-state index contributed by atoms with van der Waals surface area (Å²) >= 11 is 0. The van der Waals surface area contributed by atoms with E-state index in [0.717, 1.165) is 12.8 Å². The normalized spacial score (nSPS) is 12.4. The van der Waals surface area contributed by atoms with Crippen LogP contribution in [0.15, 0.2) is 22.7 Å². The third-order valence-electron chi connectivity index (χ3n) is 2.93. The molecule has 0 saturated heterocycles. The molecule has 1 atom stereocenters. The number of ether oxygens (including phenoxy) is 1. The Balaban J connectivity index is 2.08. The van der Waals surface area contributed by atoms with E-state index in [-0.39, 0.29) is 11.8 Å². The zero-order chi connectivity index (χ0) is 14.5. The predicted molar refractivity (Wildman–Crippen MR) is 72.8 cm³/mol. The third kappa shape index (κ3) is 3.54. The molecule has 1 aromatic heterocycles. The van der Waals surface area contributed by atoms with Crippen LogP contribution in [0.25, 0.3) is 11.4 Å². The minimum Gasteiger partial charge on any atom is -0.494 e. The van der Waals surface area contributed by atoms with Crippen LogP contribution in [0.4, 0.5) is 4.39 Å². The molecule has 5 nitrogen and oxygen atoms in total. The fourth-order valence-electron chi connectivity index (χ4n) is 1.85. The minimum atomic E-state index is -0.420. The number of hydrogen-bond acceptors (Lipinski definition) is 5. The van der Waals surface area contributed by atoms with Gasteiger partial charge in [-0.2, -0.15) is 4.98 Å². The van der Waals surface area contributed by atoms with Crippen molar-refractivity contribution in [3.8, 4) is 17.1 Å². The van der Waals surface area contributed by atoms with E-state index in [9.17, 15) is 4.39 Å². The van der Waals surface area contributed by atoms with Crippen molar-refractivity contribution in [2.75, 3.05) is 7.11 Å². The highest BCUT2D eigenvalue weighted by Gasteiger charge is 2.11. The summed E-state index contributed by atoms with van der Waals surface area (Å²) in [7, 11) is 1.41. The van der Waals surface area contributed by atoms with Crippen molar-refractivity contribution in [1.82, 2.24) is 10.1 Å². The standard InChI is InChI=1S/C14H18FN3O2/c1-9(16)4-3-5-13-17-14(18-20-13)10-6-7-11(15)12(8-10)19-2/h6-9H,3-5,16H2,1-2H3. The second-order valence-electron chi connectivity index (χ2n) is 4.73. The van der Waals surface area contributed by atoms with Crippen LogP contribution in [0.5, 0.6) is 5.75 Å². The Morgan fingerprint density at radius 3 is 2.95 bits per heavy atom. The largest absolute Gasteiger partial charge is 0.494 e. The van der Waals surface area contributed by atoms with Crippen molar-refractivity contribution in [2.45, 2.75) is 32.2 Å². The molecule has 1 unspecified atom stereocenters. The van der Waals surface area contributed by atoms with Gasteiger partial charge in [0.05, 0.1) is 7.11 Å². The van der Waals surface area contributed by atoms with Gasteiger partial charge in [-0.05, 0) is 38.0 Å². The molecule has 2 rings (SSSR count). The number of methoxy groups -OCH3 is 1. The first kappa shape index (κ1) is 14.5. The Hall–Kier alpha value is -1.95. The molecule has 20 heavy (non-hydrogen) atoms. The number of nitrogens with zero attached hydrogens (tertiary/aromatic N) is 2. The lowest BCUT2D eigenvalue weighted by Gasteiger charge is -2.02. The summed E-state index contributed by atoms with van der Waals surface area (Å²) < 4.78 is 23.4. The van der Waals surface area contributed by atoms with Crippen LogP contribution in [-0.4, -0.2) is 23.3 Å². The highest BCUT2D eigenvalue weighted by Crippen LogP contribution is 2.24. The molecule has 1 aromatic carbocycles. The molecule has 2 aromatic rings. The monoisotopic (exact) mass is 279 g/mol. The molecule has 0 fully saturated rings. The third-order valence-corrected chi connectivity index (χ3v) is 2.93. The van der Waals surface area contributed by atoms with Gasteiger partial charge in [-0.3, -0.25) is 0 Å².